The fourth-order valence-electron chi connectivity index (χ4n) is 1.61. The fraction of sp³-hybridized carbons (Fsp3) is 0.462. The van der Waals surface area contributed by atoms with Gasteiger partial charge in [0.05, 0.1) is 12.3 Å². The van der Waals surface area contributed by atoms with Gasteiger partial charge in [0.1, 0.15) is 5.75 Å². The lowest BCUT2D eigenvalue weighted by Gasteiger charge is -2.07. The van der Waals surface area contributed by atoms with Crippen molar-refractivity contribution in [2.75, 3.05) is 13.2 Å². The van der Waals surface area contributed by atoms with Gasteiger partial charge in [0.2, 0.25) is 0 Å². The fourth-order valence-corrected chi connectivity index (χ4v) is 1.61. The van der Waals surface area contributed by atoms with Gasteiger partial charge in [-0.2, -0.15) is 0 Å². The lowest BCUT2D eigenvalue weighted by molar-refractivity contribution is 0.271. The highest BCUT2D eigenvalue weighted by molar-refractivity contribution is 5.80. The molecule has 0 aliphatic rings. The number of nitrogens with zero attached hydrogens (tertiary/aromatic N) is 1. The van der Waals surface area contributed by atoms with E-state index in [1.165, 1.54) is 0 Å². The summed E-state index contributed by atoms with van der Waals surface area (Å²) in [4.78, 5) is 0. The molecule has 17 heavy (non-hydrogen) atoms. The van der Waals surface area contributed by atoms with Crippen LogP contribution in [0.4, 0.5) is 0 Å². The monoisotopic (exact) mass is 235 g/mol. The molecular formula is C13H17NO3. The summed E-state index contributed by atoms with van der Waals surface area (Å²) in [5.74, 6) is 1.28. The second-order valence-corrected chi connectivity index (χ2v) is 4.47. The minimum Gasteiger partial charge on any atom is -0.493 e. The number of benzene rings is 1. The number of hydrogen-bond donors (Lipinski definition) is 1. The summed E-state index contributed by atoms with van der Waals surface area (Å²) in [5.41, 5.74) is 1.49. The van der Waals surface area contributed by atoms with Crippen molar-refractivity contribution in [1.29, 1.82) is 0 Å². The summed E-state index contributed by atoms with van der Waals surface area (Å²) in [6, 6.07) is 5.67. The highest BCUT2D eigenvalue weighted by Gasteiger charge is 2.08. The third-order valence-electron chi connectivity index (χ3n) is 2.45. The van der Waals surface area contributed by atoms with Crippen LogP contribution in [0.1, 0.15) is 19.5 Å². The maximum absolute atomic E-state index is 8.89. The predicted octanol–water partition coefficient (Wildman–Crippen LogP) is 2.40. The maximum Gasteiger partial charge on any atom is 0.170 e. The van der Waals surface area contributed by atoms with Crippen LogP contribution in [-0.4, -0.2) is 23.5 Å². The van der Waals surface area contributed by atoms with Crippen LogP contribution in [0.2, 0.25) is 0 Å². The molecular weight excluding hydrogens is 218 g/mol. The molecule has 4 nitrogen and oxygen atoms in total. The van der Waals surface area contributed by atoms with Crippen LogP contribution >= 0.6 is 0 Å². The Morgan fingerprint density at radius 2 is 2.24 bits per heavy atom. The van der Waals surface area contributed by atoms with Gasteiger partial charge in [-0.3, -0.25) is 0 Å². The van der Waals surface area contributed by atoms with Gasteiger partial charge < -0.3 is 14.4 Å². The van der Waals surface area contributed by atoms with Crippen LogP contribution in [0.25, 0.3) is 11.0 Å². The number of hydrogen-bond acceptors (Lipinski definition) is 4. The molecule has 0 aliphatic heterocycles. The average Bonchev–Trinajstić information content (AvgIpc) is 2.70. The molecule has 1 N–H and O–H groups in total. The second-order valence-electron chi connectivity index (χ2n) is 4.47. The average molecular weight is 235 g/mol. The first-order valence-corrected chi connectivity index (χ1v) is 5.82. The molecule has 1 heterocycles. The molecule has 2 aromatic rings. The van der Waals surface area contributed by atoms with E-state index in [4.69, 9.17) is 14.4 Å². The van der Waals surface area contributed by atoms with E-state index in [1.54, 1.807) is 0 Å². The quantitative estimate of drug-likeness (QED) is 0.864. The highest BCUT2D eigenvalue weighted by atomic mass is 16.5. The summed E-state index contributed by atoms with van der Waals surface area (Å²) in [7, 11) is 0. The smallest absolute Gasteiger partial charge is 0.170 e. The minimum atomic E-state index is 0.0766. The topological polar surface area (TPSA) is 55.5 Å². The van der Waals surface area contributed by atoms with Crippen molar-refractivity contribution in [3.05, 3.63) is 23.9 Å². The molecule has 1 aromatic carbocycles. The van der Waals surface area contributed by atoms with Gasteiger partial charge >= 0.3 is 0 Å². The molecule has 0 radical (unpaired) electrons. The normalized spacial score (nSPS) is 11.3. The Bertz CT molecular complexity index is 490. The van der Waals surface area contributed by atoms with Crippen LogP contribution in [0.15, 0.2) is 22.7 Å². The summed E-state index contributed by atoms with van der Waals surface area (Å²) >= 11 is 0. The van der Waals surface area contributed by atoms with E-state index in [-0.39, 0.29) is 6.61 Å². The number of fused-ring (bicyclic) bond motifs is 1. The van der Waals surface area contributed by atoms with E-state index in [1.807, 2.05) is 18.2 Å². The number of aliphatic hydroxyl groups excluding tert-OH is 1. The van der Waals surface area contributed by atoms with Gasteiger partial charge in [0.15, 0.2) is 5.58 Å². The molecule has 0 spiro atoms. The van der Waals surface area contributed by atoms with Crippen molar-refractivity contribution < 1.29 is 14.4 Å². The minimum absolute atomic E-state index is 0.0766. The zero-order valence-corrected chi connectivity index (χ0v) is 10.1. The number of rotatable bonds is 5. The molecule has 0 fully saturated rings. The second kappa shape index (κ2) is 5.19. The number of aliphatic hydroxyl groups is 1. The predicted molar refractivity (Wildman–Crippen MR) is 65.1 cm³/mol. The van der Waals surface area contributed by atoms with Gasteiger partial charge in [-0.25, -0.2) is 0 Å². The Hall–Kier alpha value is -1.55. The van der Waals surface area contributed by atoms with Crippen LogP contribution in [-0.2, 0) is 6.42 Å². The zero-order chi connectivity index (χ0) is 12.3. The zero-order valence-electron chi connectivity index (χ0n) is 10.1. The first-order valence-electron chi connectivity index (χ1n) is 5.82. The molecule has 0 saturated carbocycles. The highest BCUT2D eigenvalue weighted by Crippen LogP contribution is 2.24. The number of aromatic nitrogens is 1. The molecule has 92 valence electrons. The van der Waals surface area contributed by atoms with Crippen LogP contribution in [0.3, 0.4) is 0 Å². The van der Waals surface area contributed by atoms with Crippen LogP contribution in [0.5, 0.6) is 5.75 Å². The van der Waals surface area contributed by atoms with Crippen molar-refractivity contribution >= 4 is 11.0 Å². The molecule has 0 saturated heterocycles. The number of ether oxygens (including phenoxy) is 1. The Morgan fingerprint density at radius 1 is 1.41 bits per heavy atom. The summed E-state index contributed by atoms with van der Waals surface area (Å²) < 4.78 is 10.8. The molecule has 2 rings (SSSR count). The van der Waals surface area contributed by atoms with Crippen molar-refractivity contribution in [1.82, 2.24) is 5.16 Å². The van der Waals surface area contributed by atoms with Crippen LogP contribution in [0, 0.1) is 5.92 Å². The first kappa shape index (κ1) is 11.9. The first-order chi connectivity index (χ1) is 8.20. The van der Waals surface area contributed by atoms with Gasteiger partial charge in [-0.15, -0.1) is 0 Å². The molecule has 0 atom stereocenters. The lowest BCUT2D eigenvalue weighted by atomic mass is 10.2. The van der Waals surface area contributed by atoms with E-state index >= 15 is 0 Å². The van der Waals surface area contributed by atoms with Crippen molar-refractivity contribution in [3.63, 3.8) is 0 Å². The molecule has 0 unspecified atom stereocenters. The van der Waals surface area contributed by atoms with Crippen molar-refractivity contribution in [3.8, 4) is 5.75 Å². The van der Waals surface area contributed by atoms with E-state index < -0.39 is 0 Å². The molecule has 1 aromatic heterocycles. The summed E-state index contributed by atoms with van der Waals surface area (Å²) in [5, 5.41) is 13.8. The van der Waals surface area contributed by atoms with E-state index in [9.17, 15) is 0 Å². The Labute approximate surface area is 100 Å². The Balaban J connectivity index is 2.20. The van der Waals surface area contributed by atoms with E-state index in [2.05, 4.69) is 19.0 Å². The van der Waals surface area contributed by atoms with Gasteiger partial charge in [-0.1, -0.05) is 19.0 Å². The summed E-state index contributed by atoms with van der Waals surface area (Å²) in [6.45, 7) is 4.97. The SMILES string of the molecule is CC(C)COc1ccc2c(CCO)noc2c1. The largest absolute Gasteiger partial charge is 0.493 e. The lowest BCUT2D eigenvalue weighted by Crippen LogP contribution is -2.04. The van der Waals surface area contributed by atoms with E-state index in [0.717, 1.165) is 16.8 Å². The van der Waals surface area contributed by atoms with Gasteiger partial charge in [-0.05, 0) is 18.1 Å². The summed E-state index contributed by atoms with van der Waals surface area (Å²) in [6.07, 6.45) is 0.513. The molecule has 0 bridgehead atoms. The third-order valence-corrected chi connectivity index (χ3v) is 2.45. The van der Waals surface area contributed by atoms with Crippen molar-refractivity contribution in [2.24, 2.45) is 5.92 Å². The maximum atomic E-state index is 8.89. The standard InChI is InChI=1S/C13H17NO3/c1-9(2)8-16-10-3-4-11-12(5-6-15)14-17-13(11)7-10/h3-4,7,9,15H,5-6,8H2,1-2H3. The van der Waals surface area contributed by atoms with Gasteiger partial charge in [0, 0.05) is 24.5 Å². The van der Waals surface area contributed by atoms with Gasteiger partial charge in [0.25, 0.3) is 0 Å². The third kappa shape index (κ3) is 2.77. The Kier molecular flexibility index (Phi) is 3.64. The molecule has 4 heteroatoms. The molecule has 0 amide bonds. The molecule has 0 aliphatic carbocycles. The van der Waals surface area contributed by atoms with Crippen molar-refractivity contribution in [2.45, 2.75) is 20.3 Å². The Morgan fingerprint density at radius 3 is 2.94 bits per heavy atom. The van der Waals surface area contributed by atoms with E-state index in [0.29, 0.717) is 24.5 Å². The van der Waals surface area contributed by atoms with Crippen LogP contribution < -0.4 is 4.74 Å².